The molecule has 0 aliphatic heterocycles. The van der Waals surface area contributed by atoms with Gasteiger partial charge < -0.3 is 20.4 Å². The number of aliphatic hydroxyl groups is 4. The van der Waals surface area contributed by atoms with Crippen molar-refractivity contribution in [1.82, 2.24) is 0 Å². The minimum absolute atomic E-state index is 0.0253. The third kappa shape index (κ3) is 6.97. The highest BCUT2D eigenvalue weighted by atomic mass is 32.3. The summed E-state index contributed by atoms with van der Waals surface area (Å²) in [6, 6.07) is 0. The largest absolute Gasteiger partial charge is 0.397 e. The van der Waals surface area contributed by atoms with Gasteiger partial charge in [0.05, 0.1) is 37.6 Å². The van der Waals surface area contributed by atoms with Gasteiger partial charge in [0, 0.05) is 5.92 Å². The second-order valence-electron chi connectivity index (χ2n) is 13.8. The molecule has 0 amide bonds. The van der Waals surface area contributed by atoms with Crippen LogP contribution in [0, 0.1) is 52.3 Å². The first-order chi connectivity index (χ1) is 18.9. The zero-order valence-corrected chi connectivity index (χ0v) is 25.7. The Kier molecular flexibility index (Phi) is 9.93. The highest BCUT2D eigenvalue weighted by Gasteiger charge is 2.65. The average molecular weight is 629 g/mol. The summed E-state index contributed by atoms with van der Waals surface area (Å²) in [7, 11) is -9.69. The molecule has 0 aromatic heterocycles. The molecule has 0 spiro atoms. The van der Waals surface area contributed by atoms with Crippen LogP contribution in [0.3, 0.4) is 0 Å². The second-order valence-corrected chi connectivity index (χ2v) is 16.0. The molecule has 14 heteroatoms. The van der Waals surface area contributed by atoms with Gasteiger partial charge in [0.25, 0.3) is 0 Å². The zero-order chi connectivity index (χ0) is 30.5. The molecule has 6 N–H and O–H groups in total. The van der Waals surface area contributed by atoms with Crippen molar-refractivity contribution in [2.45, 2.75) is 103 Å². The van der Waals surface area contributed by atoms with Crippen molar-refractivity contribution in [2.24, 2.45) is 52.3 Å². The van der Waals surface area contributed by atoms with Crippen LogP contribution in [-0.4, -0.2) is 84.0 Å². The van der Waals surface area contributed by atoms with Gasteiger partial charge in [-0.25, -0.2) is 8.37 Å². The molecule has 0 heterocycles. The lowest BCUT2D eigenvalue weighted by Crippen LogP contribution is -2.62. The molecule has 0 radical (unpaired) electrons. The maximum atomic E-state index is 11.7. The van der Waals surface area contributed by atoms with Gasteiger partial charge in [-0.2, -0.15) is 16.8 Å². The number of aliphatic hydroxyl groups excluding tert-OH is 4. The Labute approximate surface area is 243 Å². The van der Waals surface area contributed by atoms with Crippen LogP contribution < -0.4 is 0 Å². The Balaban J connectivity index is 1.45. The Hall–Kier alpha value is -0.420. The van der Waals surface area contributed by atoms with E-state index in [1.165, 1.54) is 0 Å². The molecule has 4 fully saturated rings. The zero-order valence-electron chi connectivity index (χ0n) is 24.1. The molecule has 0 aromatic carbocycles. The lowest BCUT2D eigenvalue weighted by molar-refractivity contribution is -0.207. The van der Waals surface area contributed by atoms with E-state index < -0.39 is 63.7 Å². The predicted octanol–water partition coefficient (Wildman–Crippen LogP) is 1.98. The topological polar surface area (TPSA) is 208 Å². The van der Waals surface area contributed by atoms with Crippen LogP contribution in [0.1, 0.15) is 78.6 Å². The van der Waals surface area contributed by atoms with E-state index in [9.17, 15) is 37.3 Å². The number of fused-ring (bicyclic) bond motifs is 5. The van der Waals surface area contributed by atoms with E-state index in [2.05, 4.69) is 22.2 Å². The molecule has 0 aromatic rings. The molecule has 4 aliphatic carbocycles. The van der Waals surface area contributed by atoms with Crippen molar-refractivity contribution < 1.29 is 54.7 Å². The van der Waals surface area contributed by atoms with Gasteiger partial charge in [0.2, 0.25) is 0 Å². The Morgan fingerprint density at radius 2 is 1.46 bits per heavy atom. The summed E-state index contributed by atoms with van der Waals surface area (Å²) in [5.74, 6) is -0.416. The minimum Gasteiger partial charge on any atom is -0.393 e. The smallest absolute Gasteiger partial charge is 0.393 e. The van der Waals surface area contributed by atoms with Crippen LogP contribution in [-0.2, 0) is 29.2 Å². The third-order valence-corrected chi connectivity index (χ3v) is 12.7. The van der Waals surface area contributed by atoms with Crippen molar-refractivity contribution in [3.8, 4) is 0 Å². The second kappa shape index (κ2) is 12.2. The van der Waals surface area contributed by atoms with Gasteiger partial charge in [0.1, 0.15) is 0 Å². The number of rotatable bonds is 11. The summed E-state index contributed by atoms with van der Waals surface area (Å²) in [4.78, 5) is 0. The highest BCUT2D eigenvalue weighted by Crippen LogP contribution is 2.68. The molecular weight excluding hydrogens is 580 g/mol. The van der Waals surface area contributed by atoms with Crippen LogP contribution in [0.15, 0.2) is 0 Å². The van der Waals surface area contributed by atoms with E-state index in [4.69, 9.17) is 9.11 Å². The first kappa shape index (κ1) is 33.5. The molecule has 4 unspecified atom stereocenters. The molecule has 4 rings (SSSR count). The SMILES string of the molecule is C[C@H](CC[C@@H](O)C(COS(=O)(=O)O)COS(=O)(=O)O)C1CCC2C3C(C[C@H](O)[C@@]21C)[C@@]1(C)CC[C@@H](O)C[C@H]1C[C@H]3O. The van der Waals surface area contributed by atoms with Gasteiger partial charge >= 0.3 is 20.8 Å². The van der Waals surface area contributed by atoms with Crippen LogP contribution in [0.25, 0.3) is 0 Å². The molecule has 4 aliphatic rings. The van der Waals surface area contributed by atoms with Crippen molar-refractivity contribution in [3.63, 3.8) is 0 Å². The van der Waals surface area contributed by atoms with Gasteiger partial charge in [-0.05, 0) is 104 Å². The summed E-state index contributed by atoms with van der Waals surface area (Å²) < 4.78 is 70.6. The first-order valence-corrected chi connectivity index (χ1v) is 17.6. The van der Waals surface area contributed by atoms with Gasteiger partial charge in [-0.15, -0.1) is 0 Å². The summed E-state index contributed by atoms with van der Waals surface area (Å²) in [5.41, 5.74) is -0.464. The van der Waals surface area contributed by atoms with Crippen LogP contribution in [0.4, 0.5) is 0 Å². The van der Waals surface area contributed by atoms with E-state index in [0.717, 1.165) is 25.7 Å². The highest BCUT2D eigenvalue weighted by molar-refractivity contribution is 7.81. The van der Waals surface area contributed by atoms with Crippen LogP contribution in [0.2, 0.25) is 0 Å². The van der Waals surface area contributed by atoms with E-state index >= 15 is 0 Å². The molecule has 12 nitrogen and oxygen atoms in total. The van der Waals surface area contributed by atoms with E-state index in [0.29, 0.717) is 25.7 Å². The van der Waals surface area contributed by atoms with Crippen molar-refractivity contribution in [1.29, 1.82) is 0 Å². The van der Waals surface area contributed by atoms with Gasteiger partial charge in [0.15, 0.2) is 0 Å². The first-order valence-electron chi connectivity index (χ1n) is 14.8. The molecule has 0 saturated heterocycles. The molecule has 0 bridgehead atoms. The van der Waals surface area contributed by atoms with Crippen molar-refractivity contribution in [2.75, 3.05) is 13.2 Å². The third-order valence-electron chi connectivity index (χ3n) is 11.8. The minimum atomic E-state index is -4.85. The molecule has 4 saturated carbocycles. The summed E-state index contributed by atoms with van der Waals surface area (Å²) >= 11 is 0. The normalized spacial score (nSPS) is 42.8. The molecule has 240 valence electrons. The van der Waals surface area contributed by atoms with E-state index in [1.54, 1.807) is 0 Å². The predicted molar refractivity (Wildman–Crippen MR) is 147 cm³/mol. The Bertz CT molecular complexity index is 1100. The van der Waals surface area contributed by atoms with Crippen LogP contribution >= 0.6 is 0 Å². The summed E-state index contributed by atoms with van der Waals surface area (Å²) in [6.07, 6.45) is 3.31. The fraction of sp³-hybridized carbons (Fsp3) is 1.00. The molecule has 12 atom stereocenters. The van der Waals surface area contributed by atoms with Gasteiger partial charge in [-0.3, -0.25) is 9.11 Å². The van der Waals surface area contributed by atoms with Gasteiger partial charge in [-0.1, -0.05) is 20.8 Å². The molecular formula is C27H48O12S2. The lowest BCUT2D eigenvalue weighted by Gasteiger charge is -2.63. The monoisotopic (exact) mass is 628 g/mol. The molecule has 41 heavy (non-hydrogen) atoms. The average Bonchev–Trinajstić information content (AvgIpc) is 3.21. The Morgan fingerprint density at radius 3 is 2.05 bits per heavy atom. The quantitative estimate of drug-likeness (QED) is 0.182. The number of hydrogen-bond acceptors (Lipinski definition) is 10. The fourth-order valence-corrected chi connectivity index (χ4v) is 10.3. The maximum Gasteiger partial charge on any atom is 0.397 e. The van der Waals surface area contributed by atoms with Crippen molar-refractivity contribution in [3.05, 3.63) is 0 Å². The van der Waals surface area contributed by atoms with E-state index in [-0.39, 0.29) is 53.4 Å². The fourth-order valence-electron chi connectivity index (χ4n) is 9.62. The standard InChI is InChI=1S/C27H48O12S2/c1-15(4-7-22(29)16(13-38-40(32,33)34)14-39-41(35,36)37)19-5-6-20-25-21(12-24(31)27(19,20)3)26(2)9-8-18(28)10-17(26)11-23(25)30/h15-25,28-31H,4-14H2,1-3H3,(H,32,33,34)(H,35,36,37)/t15-,17+,18-,19?,20?,21?,22-,23-,24+,25?,26+,27-/m1/s1. The summed E-state index contributed by atoms with van der Waals surface area (Å²) in [5, 5.41) is 44.2. The van der Waals surface area contributed by atoms with Crippen molar-refractivity contribution >= 4 is 20.8 Å². The lowest BCUT2D eigenvalue weighted by atomic mass is 9.43. The summed E-state index contributed by atoms with van der Waals surface area (Å²) in [6.45, 7) is 4.96. The van der Waals surface area contributed by atoms with E-state index in [1.807, 2.05) is 6.92 Å². The Morgan fingerprint density at radius 1 is 0.854 bits per heavy atom. The van der Waals surface area contributed by atoms with Crippen LogP contribution in [0.5, 0.6) is 0 Å². The maximum absolute atomic E-state index is 11.7. The number of hydrogen-bond donors (Lipinski definition) is 6.